The highest BCUT2D eigenvalue weighted by Gasteiger charge is 2.42. The number of aliphatic hydroxyl groups excluding tert-OH is 2. The van der Waals surface area contributed by atoms with Crippen molar-refractivity contribution in [1.29, 1.82) is 0 Å². The molecule has 0 bridgehead atoms. The second-order valence-corrected chi connectivity index (χ2v) is 7.66. The molecule has 3 N–H and O–H groups in total. The number of anilines is 1. The number of rotatable bonds is 3. The topological polar surface area (TPSA) is 95.7 Å². The second-order valence-electron chi connectivity index (χ2n) is 7.66. The molecule has 2 aliphatic heterocycles. The van der Waals surface area contributed by atoms with Crippen LogP contribution >= 0.6 is 0 Å². The van der Waals surface area contributed by atoms with Crippen molar-refractivity contribution in [3.05, 3.63) is 42.9 Å². The molecule has 29 heavy (non-hydrogen) atoms. The highest BCUT2D eigenvalue weighted by atomic mass is 16.6. The average Bonchev–Trinajstić information content (AvgIpc) is 3.28. The van der Waals surface area contributed by atoms with E-state index >= 15 is 0 Å². The molecule has 2 aliphatic rings. The van der Waals surface area contributed by atoms with Crippen molar-refractivity contribution >= 4 is 16.9 Å². The van der Waals surface area contributed by atoms with E-state index in [9.17, 15) is 10.2 Å². The molecule has 8 nitrogen and oxygen atoms in total. The number of hydrogen-bond acceptors (Lipinski definition) is 7. The molecule has 1 aromatic carbocycles. The minimum Gasteiger partial charge on any atom is -0.388 e. The van der Waals surface area contributed by atoms with E-state index in [0.717, 1.165) is 48.5 Å². The summed E-state index contributed by atoms with van der Waals surface area (Å²) < 4.78 is 7.73. The normalized spacial score (nSPS) is 27.6. The minimum atomic E-state index is -1.03. The van der Waals surface area contributed by atoms with Crippen molar-refractivity contribution in [2.24, 2.45) is 0 Å². The van der Waals surface area contributed by atoms with Gasteiger partial charge in [-0.1, -0.05) is 30.3 Å². The number of benzene rings is 1. The summed E-state index contributed by atoms with van der Waals surface area (Å²) in [7, 11) is 0. The van der Waals surface area contributed by atoms with E-state index in [1.807, 2.05) is 29.0 Å². The Morgan fingerprint density at radius 2 is 1.83 bits per heavy atom. The maximum atomic E-state index is 10.6. The van der Waals surface area contributed by atoms with Gasteiger partial charge in [0.1, 0.15) is 30.0 Å². The monoisotopic (exact) mass is 395 g/mol. The van der Waals surface area contributed by atoms with Gasteiger partial charge in [0, 0.05) is 37.9 Å². The fraction of sp³-hybridized carbons (Fsp3) is 0.429. The van der Waals surface area contributed by atoms with Gasteiger partial charge in [-0.05, 0) is 12.5 Å². The third-order valence-electron chi connectivity index (χ3n) is 5.84. The number of aliphatic hydroxyl groups is 2. The van der Waals surface area contributed by atoms with Gasteiger partial charge in [0.15, 0.2) is 6.23 Å². The number of hydrogen-bond donors (Lipinski definition) is 3. The number of piperazine rings is 1. The standard InChI is InChI=1S/C21H25N5O3/c1-13-17(27)18(28)21(29-13)26-11-15(14-5-3-2-4-6-14)16-19(23-12-24-20(16)26)25-9-7-22-8-10-25/h2-6,11-13,17-18,21-22,27-28H,7-10H2,1H3/t13-,17-,18-,21-/m1/s1. The average molecular weight is 395 g/mol. The molecule has 0 spiro atoms. The van der Waals surface area contributed by atoms with Crippen LogP contribution in [-0.2, 0) is 4.74 Å². The third-order valence-corrected chi connectivity index (χ3v) is 5.84. The Balaban J connectivity index is 1.71. The lowest BCUT2D eigenvalue weighted by molar-refractivity contribution is -0.0295. The number of nitrogens with one attached hydrogen (secondary N) is 1. The van der Waals surface area contributed by atoms with E-state index < -0.39 is 24.5 Å². The SMILES string of the molecule is C[C@H]1O[C@@H](n2cc(-c3ccccc3)c3c(N4CCNCC4)ncnc32)[C@H](O)[C@@H]1O. The molecular formula is C21H25N5O3. The van der Waals surface area contributed by atoms with Crippen LogP contribution < -0.4 is 10.2 Å². The molecular weight excluding hydrogens is 370 g/mol. The van der Waals surface area contributed by atoms with E-state index in [4.69, 9.17) is 4.74 Å². The van der Waals surface area contributed by atoms with Gasteiger partial charge in [-0.3, -0.25) is 0 Å². The van der Waals surface area contributed by atoms with Crippen molar-refractivity contribution in [2.75, 3.05) is 31.1 Å². The first kappa shape index (κ1) is 18.5. The molecule has 152 valence electrons. The summed E-state index contributed by atoms with van der Waals surface area (Å²) in [5, 5.41) is 25.1. The molecule has 4 heterocycles. The number of ether oxygens (including phenoxy) is 1. The quantitative estimate of drug-likeness (QED) is 0.612. The Morgan fingerprint density at radius 3 is 2.52 bits per heavy atom. The van der Waals surface area contributed by atoms with Crippen LogP contribution in [0.3, 0.4) is 0 Å². The van der Waals surface area contributed by atoms with E-state index in [1.54, 1.807) is 13.3 Å². The van der Waals surface area contributed by atoms with Crippen LogP contribution in [0.1, 0.15) is 13.2 Å². The van der Waals surface area contributed by atoms with Gasteiger partial charge >= 0.3 is 0 Å². The zero-order valence-corrected chi connectivity index (χ0v) is 16.3. The molecule has 2 fully saturated rings. The largest absolute Gasteiger partial charge is 0.388 e. The van der Waals surface area contributed by atoms with E-state index in [0.29, 0.717) is 5.65 Å². The first-order valence-corrected chi connectivity index (χ1v) is 10.0. The lowest BCUT2D eigenvalue weighted by atomic mass is 10.1. The van der Waals surface area contributed by atoms with Crippen molar-refractivity contribution in [3.8, 4) is 11.1 Å². The Hall–Kier alpha value is -2.52. The Bertz CT molecular complexity index is 1000. The van der Waals surface area contributed by atoms with Crippen molar-refractivity contribution in [1.82, 2.24) is 19.9 Å². The lowest BCUT2D eigenvalue weighted by Gasteiger charge is -2.29. The van der Waals surface area contributed by atoms with E-state index in [1.165, 1.54) is 0 Å². The summed E-state index contributed by atoms with van der Waals surface area (Å²) in [4.78, 5) is 11.4. The predicted molar refractivity (Wildman–Crippen MR) is 110 cm³/mol. The molecule has 0 radical (unpaired) electrons. The third kappa shape index (κ3) is 3.08. The highest BCUT2D eigenvalue weighted by molar-refractivity contribution is 6.01. The van der Waals surface area contributed by atoms with Crippen LogP contribution in [0.2, 0.25) is 0 Å². The van der Waals surface area contributed by atoms with Gasteiger partial charge in [-0.15, -0.1) is 0 Å². The number of fused-ring (bicyclic) bond motifs is 1. The predicted octanol–water partition coefficient (Wildman–Crippen LogP) is 1.15. The summed E-state index contributed by atoms with van der Waals surface area (Å²) in [6, 6.07) is 10.1. The van der Waals surface area contributed by atoms with Crippen molar-refractivity contribution in [3.63, 3.8) is 0 Å². The van der Waals surface area contributed by atoms with Gasteiger partial charge in [-0.2, -0.15) is 0 Å². The Morgan fingerprint density at radius 1 is 1.07 bits per heavy atom. The van der Waals surface area contributed by atoms with Crippen LogP contribution in [0.15, 0.2) is 42.9 Å². The molecule has 0 aliphatic carbocycles. The van der Waals surface area contributed by atoms with Crippen LogP contribution in [0, 0.1) is 0 Å². The van der Waals surface area contributed by atoms with E-state index in [-0.39, 0.29) is 0 Å². The van der Waals surface area contributed by atoms with Gasteiger partial charge < -0.3 is 29.7 Å². The van der Waals surface area contributed by atoms with Crippen molar-refractivity contribution < 1.29 is 14.9 Å². The minimum absolute atomic E-state index is 0.456. The van der Waals surface area contributed by atoms with Crippen molar-refractivity contribution in [2.45, 2.75) is 31.5 Å². The molecule has 0 saturated carbocycles. The molecule has 5 rings (SSSR count). The molecule has 3 aromatic rings. The molecule has 8 heteroatoms. The van der Waals surface area contributed by atoms with E-state index in [2.05, 4.69) is 32.3 Å². The number of nitrogens with zero attached hydrogens (tertiary/aromatic N) is 4. The molecule has 0 amide bonds. The maximum absolute atomic E-state index is 10.6. The first-order valence-electron chi connectivity index (χ1n) is 10.0. The summed E-state index contributed by atoms with van der Waals surface area (Å²) in [6.07, 6.45) is 0.396. The number of aromatic nitrogens is 3. The van der Waals surface area contributed by atoms with Gasteiger partial charge in [-0.25, -0.2) is 9.97 Å². The highest BCUT2D eigenvalue weighted by Crippen LogP contribution is 2.39. The zero-order chi connectivity index (χ0) is 20.0. The fourth-order valence-corrected chi connectivity index (χ4v) is 4.27. The first-order chi connectivity index (χ1) is 14.1. The van der Waals surface area contributed by atoms with Crippen LogP contribution in [0.5, 0.6) is 0 Å². The molecule has 4 atom stereocenters. The maximum Gasteiger partial charge on any atom is 0.164 e. The fourth-order valence-electron chi connectivity index (χ4n) is 4.27. The van der Waals surface area contributed by atoms with Gasteiger partial charge in [0.2, 0.25) is 0 Å². The molecule has 2 aromatic heterocycles. The zero-order valence-electron chi connectivity index (χ0n) is 16.3. The van der Waals surface area contributed by atoms with Gasteiger partial charge in [0.25, 0.3) is 0 Å². The summed E-state index contributed by atoms with van der Waals surface area (Å²) in [5.74, 6) is 0.884. The molecule has 2 saturated heterocycles. The van der Waals surface area contributed by atoms with Gasteiger partial charge in [0.05, 0.1) is 11.5 Å². The molecule has 0 unspecified atom stereocenters. The summed E-state index contributed by atoms with van der Waals surface area (Å²) in [6.45, 7) is 5.30. The lowest BCUT2D eigenvalue weighted by Crippen LogP contribution is -2.44. The summed E-state index contributed by atoms with van der Waals surface area (Å²) >= 11 is 0. The smallest absolute Gasteiger partial charge is 0.164 e. The van der Waals surface area contributed by atoms with Crippen LogP contribution in [-0.4, -0.2) is 69.2 Å². The summed E-state index contributed by atoms with van der Waals surface area (Å²) in [5.41, 5.74) is 2.72. The Kier molecular flexibility index (Phi) is 4.71. The Labute approximate surface area is 168 Å². The second kappa shape index (κ2) is 7.38. The van der Waals surface area contributed by atoms with Crippen LogP contribution in [0.4, 0.5) is 5.82 Å². The van der Waals surface area contributed by atoms with Crippen LogP contribution in [0.25, 0.3) is 22.2 Å².